The van der Waals surface area contributed by atoms with Gasteiger partial charge in [-0.1, -0.05) is 0 Å². The predicted molar refractivity (Wildman–Crippen MR) is 75.2 cm³/mol. The summed E-state index contributed by atoms with van der Waals surface area (Å²) in [5.41, 5.74) is 2.52. The Labute approximate surface area is 116 Å². The van der Waals surface area contributed by atoms with E-state index in [1.54, 1.807) is 12.4 Å². The molecule has 0 aliphatic heterocycles. The highest BCUT2D eigenvalue weighted by molar-refractivity contribution is 9.10. The Kier molecular flexibility index (Phi) is 2.92. The lowest BCUT2D eigenvalue weighted by molar-refractivity contribution is 1.17. The molecular weight excluding hydrogens is 314 g/mol. The van der Waals surface area contributed by atoms with Crippen molar-refractivity contribution >= 4 is 49.3 Å². The van der Waals surface area contributed by atoms with Crippen LogP contribution in [0.15, 0.2) is 29.0 Å². The van der Waals surface area contributed by atoms with Crippen molar-refractivity contribution in [2.75, 3.05) is 5.32 Å². The molecule has 90 valence electrons. The number of hydrogen-bond donors (Lipinski definition) is 1. The topological polar surface area (TPSA) is 63.6 Å². The van der Waals surface area contributed by atoms with E-state index in [1.165, 1.54) is 11.5 Å². The SMILES string of the molecule is Cc1nsc(Nc2ccnc3cc(Br)cnc23)n1. The second kappa shape index (κ2) is 4.58. The van der Waals surface area contributed by atoms with E-state index in [-0.39, 0.29) is 0 Å². The molecule has 5 nitrogen and oxygen atoms in total. The fraction of sp³-hybridized carbons (Fsp3) is 0.0909. The second-order valence-corrected chi connectivity index (χ2v) is 5.32. The monoisotopic (exact) mass is 321 g/mol. The number of hydrogen-bond acceptors (Lipinski definition) is 6. The highest BCUT2D eigenvalue weighted by atomic mass is 79.9. The Morgan fingerprint density at radius 1 is 1.33 bits per heavy atom. The number of halogens is 1. The molecule has 0 bridgehead atoms. The molecule has 0 radical (unpaired) electrons. The zero-order valence-electron chi connectivity index (χ0n) is 9.38. The summed E-state index contributed by atoms with van der Waals surface area (Å²) >= 11 is 4.71. The van der Waals surface area contributed by atoms with Crippen LogP contribution in [-0.2, 0) is 0 Å². The van der Waals surface area contributed by atoms with Gasteiger partial charge >= 0.3 is 0 Å². The van der Waals surface area contributed by atoms with Crippen LogP contribution >= 0.6 is 27.5 Å². The second-order valence-electron chi connectivity index (χ2n) is 3.65. The van der Waals surface area contributed by atoms with Crippen LogP contribution in [0.3, 0.4) is 0 Å². The quantitative estimate of drug-likeness (QED) is 0.784. The van der Waals surface area contributed by atoms with Crippen LogP contribution in [0.25, 0.3) is 11.0 Å². The normalized spacial score (nSPS) is 10.8. The van der Waals surface area contributed by atoms with E-state index in [0.29, 0.717) is 0 Å². The van der Waals surface area contributed by atoms with Gasteiger partial charge in [-0.2, -0.15) is 4.37 Å². The first-order valence-corrected chi connectivity index (χ1v) is 6.76. The highest BCUT2D eigenvalue weighted by Crippen LogP contribution is 2.25. The fourth-order valence-electron chi connectivity index (χ4n) is 1.57. The third-order valence-corrected chi connectivity index (χ3v) is 3.47. The van der Waals surface area contributed by atoms with Gasteiger partial charge in [-0.25, -0.2) is 4.98 Å². The molecule has 7 heteroatoms. The molecule has 3 rings (SSSR count). The van der Waals surface area contributed by atoms with E-state index in [9.17, 15) is 0 Å². The first-order valence-electron chi connectivity index (χ1n) is 5.20. The van der Waals surface area contributed by atoms with Gasteiger partial charge in [0.25, 0.3) is 0 Å². The molecule has 0 spiro atoms. The number of nitrogens with zero attached hydrogens (tertiary/aromatic N) is 4. The van der Waals surface area contributed by atoms with E-state index in [1.807, 2.05) is 19.1 Å². The van der Waals surface area contributed by atoms with Gasteiger partial charge in [-0.05, 0) is 35.0 Å². The van der Waals surface area contributed by atoms with E-state index < -0.39 is 0 Å². The molecule has 0 aliphatic rings. The van der Waals surface area contributed by atoms with Crippen molar-refractivity contribution in [3.05, 3.63) is 34.8 Å². The van der Waals surface area contributed by atoms with E-state index >= 15 is 0 Å². The molecule has 0 amide bonds. The minimum absolute atomic E-state index is 0.754. The van der Waals surface area contributed by atoms with Crippen LogP contribution in [0.1, 0.15) is 5.82 Å². The van der Waals surface area contributed by atoms with Crippen molar-refractivity contribution < 1.29 is 0 Å². The van der Waals surface area contributed by atoms with Crippen LogP contribution in [0, 0.1) is 6.92 Å². The number of anilines is 2. The molecule has 0 aliphatic carbocycles. The summed E-state index contributed by atoms with van der Waals surface area (Å²) in [7, 11) is 0. The number of aryl methyl sites for hydroxylation is 1. The molecule has 0 aromatic carbocycles. The maximum atomic E-state index is 4.37. The number of fused-ring (bicyclic) bond motifs is 1. The number of aromatic nitrogens is 4. The number of rotatable bonds is 2. The molecule has 3 aromatic heterocycles. The molecule has 3 heterocycles. The summed E-state index contributed by atoms with van der Waals surface area (Å²) in [6.07, 6.45) is 3.49. The smallest absolute Gasteiger partial charge is 0.207 e. The molecule has 0 unspecified atom stereocenters. The molecule has 0 saturated heterocycles. The largest absolute Gasteiger partial charge is 0.328 e. The first-order chi connectivity index (χ1) is 8.72. The molecular formula is C11H8BrN5S. The third-order valence-electron chi connectivity index (χ3n) is 2.31. The van der Waals surface area contributed by atoms with Gasteiger partial charge in [-0.3, -0.25) is 9.97 Å². The zero-order valence-corrected chi connectivity index (χ0v) is 11.8. The Morgan fingerprint density at radius 3 is 3.00 bits per heavy atom. The summed E-state index contributed by atoms with van der Waals surface area (Å²) in [5, 5.41) is 3.97. The maximum absolute atomic E-state index is 4.37. The van der Waals surface area contributed by atoms with Crippen LogP contribution in [-0.4, -0.2) is 19.3 Å². The minimum atomic E-state index is 0.754. The molecule has 18 heavy (non-hydrogen) atoms. The standard InChI is InChI=1S/C11H8BrN5S/c1-6-15-11(18-17-6)16-8-2-3-13-9-4-7(12)5-14-10(8)9/h2-5H,1H3,(H,13,15,16,17). The third kappa shape index (κ3) is 2.19. The van der Waals surface area contributed by atoms with Gasteiger partial charge in [0.2, 0.25) is 5.13 Å². The highest BCUT2D eigenvalue weighted by Gasteiger charge is 2.06. The van der Waals surface area contributed by atoms with Crippen molar-refractivity contribution in [1.29, 1.82) is 0 Å². The van der Waals surface area contributed by atoms with Gasteiger partial charge in [0, 0.05) is 28.4 Å². The molecule has 3 aromatic rings. The van der Waals surface area contributed by atoms with E-state index in [0.717, 1.165) is 32.1 Å². The van der Waals surface area contributed by atoms with Gasteiger partial charge in [0.05, 0.1) is 11.2 Å². The van der Waals surface area contributed by atoms with Crippen LogP contribution in [0.5, 0.6) is 0 Å². The summed E-state index contributed by atoms with van der Waals surface area (Å²) in [6, 6.07) is 3.80. The lowest BCUT2D eigenvalue weighted by Gasteiger charge is -2.05. The van der Waals surface area contributed by atoms with Crippen molar-refractivity contribution in [3.8, 4) is 0 Å². The lowest BCUT2D eigenvalue weighted by Crippen LogP contribution is -1.94. The van der Waals surface area contributed by atoms with Gasteiger partial charge < -0.3 is 5.32 Å². The van der Waals surface area contributed by atoms with E-state index in [2.05, 4.69) is 40.6 Å². The maximum Gasteiger partial charge on any atom is 0.207 e. The van der Waals surface area contributed by atoms with Gasteiger partial charge in [0.1, 0.15) is 11.3 Å². The van der Waals surface area contributed by atoms with Crippen molar-refractivity contribution in [3.63, 3.8) is 0 Å². The average Bonchev–Trinajstić information content (AvgIpc) is 2.75. The summed E-state index contributed by atoms with van der Waals surface area (Å²) in [6.45, 7) is 1.86. The molecule has 1 N–H and O–H groups in total. The van der Waals surface area contributed by atoms with Crippen molar-refractivity contribution in [2.24, 2.45) is 0 Å². The van der Waals surface area contributed by atoms with Crippen LogP contribution in [0.4, 0.5) is 10.8 Å². The summed E-state index contributed by atoms with van der Waals surface area (Å²) in [5.74, 6) is 0.761. The molecule has 0 saturated carbocycles. The zero-order chi connectivity index (χ0) is 12.5. The van der Waals surface area contributed by atoms with Crippen LogP contribution in [0.2, 0.25) is 0 Å². The number of nitrogens with one attached hydrogen (secondary N) is 1. The fourth-order valence-corrected chi connectivity index (χ4v) is 2.48. The van der Waals surface area contributed by atoms with E-state index in [4.69, 9.17) is 0 Å². The van der Waals surface area contributed by atoms with Crippen molar-refractivity contribution in [1.82, 2.24) is 19.3 Å². The Hall–Kier alpha value is -1.60. The summed E-state index contributed by atoms with van der Waals surface area (Å²) < 4.78 is 5.04. The first kappa shape index (κ1) is 11.5. The molecule has 0 atom stereocenters. The van der Waals surface area contributed by atoms with Crippen molar-refractivity contribution in [2.45, 2.75) is 6.92 Å². The number of pyridine rings is 2. The average molecular weight is 322 g/mol. The predicted octanol–water partition coefficient (Wildman–Crippen LogP) is 3.30. The summed E-state index contributed by atoms with van der Waals surface area (Å²) in [4.78, 5) is 12.9. The van der Waals surface area contributed by atoms with Crippen LogP contribution < -0.4 is 5.32 Å². The minimum Gasteiger partial charge on any atom is -0.328 e. The Balaban J connectivity index is 2.06. The lowest BCUT2D eigenvalue weighted by atomic mass is 10.3. The Morgan fingerprint density at radius 2 is 2.22 bits per heavy atom. The van der Waals surface area contributed by atoms with Gasteiger partial charge in [0.15, 0.2) is 0 Å². The Bertz CT molecular complexity index is 711. The van der Waals surface area contributed by atoms with Gasteiger partial charge in [-0.15, -0.1) is 0 Å². The molecule has 0 fully saturated rings.